The lowest BCUT2D eigenvalue weighted by Crippen LogP contribution is -2.57. The summed E-state index contributed by atoms with van der Waals surface area (Å²) in [6, 6.07) is 34.7. The monoisotopic (exact) mass is 558 g/mol. The number of benzene rings is 4. The van der Waals surface area contributed by atoms with Gasteiger partial charge in [0, 0.05) is 19.0 Å². The molecule has 0 spiro atoms. The van der Waals surface area contributed by atoms with Gasteiger partial charge < -0.3 is 9.84 Å². The highest BCUT2D eigenvalue weighted by molar-refractivity contribution is 6.09. The van der Waals surface area contributed by atoms with Crippen LogP contribution in [-0.4, -0.2) is 39.9 Å². The number of imide groups is 1. The van der Waals surface area contributed by atoms with E-state index >= 15 is 0 Å². The van der Waals surface area contributed by atoms with Crippen LogP contribution in [0.2, 0.25) is 0 Å². The third-order valence-corrected chi connectivity index (χ3v) is 8.07. The lowest BCUT2D eigenvalue weighted by molar-refractivity contribution is -0.151. The Morgan fingerprint density at radius 1 is 0.810 bits per heavy atom. The van der Waals surface area contributed by atoms with Gasteiger partial charge in [-0.15, -0.1) is 0 Å². The Bertz CT molecular complexity index is 1610. The van der Waals surface area contributed by atoms with Gasteiger partial charge in [0.25, 0.3) is 0 Å². The van der Waals surface area contributed by atoms with E-state index in [4.69, 9.17) is 4.74 Å². The number of ether oxygens (including phenoxy) is 1. The van der Waals surface area contributed by atoms with Gasteiger partial charge in [-0.2, -0.15) is 0 Å². The van der Waals surface area contributed by atoms with Crippen molar-refractivity contribution < 1.29 is 24.2 Å². The molecule has 0 aliphatic carbocycles. The van der Waals surface area contributed by atoms with Crippen molar-refractivity contribution in [1.29, 1.82) is 0 Å². The van der Waals surface area contributed by atoms with Crippen LogP contribution in [0.1, 0.15) is 22.7 Å². The quantitative estimate of drug-likeness (QED) is 0.263. The number of nitrogens with zero attached hydrogens (tertiary/aromatic N) is 1. The number of aliphatic carboxylic acids is 1. The standard InChI is InChI=1S/C35H30N2O5/c38-32-29-30(33(39)37(32)22-10-15-24-11-4-1-5-12-24)35(34(40)41,23-25-13-6-2-7-14-25)36-31(29)26-18-20-28(21-19-26)42-27-16-8-3-9-17-27/h1-21,29-31,36H,22-23H2,(H,40,41)/b15-10+. The lowest BCUT2D eigenvalue weighted by Gasteiger charge is -2.31. The normalized spacial score (nSPS) is 23.3. The van der Waals surface area contributed by atoms with E-state index in [2.05, 4.69) is 5.32 Å². The molecular formula is C35H30N2O5. The molecule has 7 heteroatoms. The van der Waals surface area contributed by atoms with Gasteiger partial charge in [-0.1, -0.05) is 103 Å². The third-order valence-electron chi connectivity index (χ3n) is 8.07. The van der Waals surface area contributed by atoms with Crippen molar-refractivity contribution in [2.75, 3.05) is 6.54 Å². The number of hydrogen-bond donors (Lipinski definition) is 2. The lowest BCUT2D eigenvalue weighted by atomic mass is 9.76. The molecule has 42 heavy (non-hydrogen) atoms. The van der Waals surface area contributed by atoms with Gasteiger partial charge >= 0.3 is 5.97 Å². The number of para-hydroxylation sites is 1. The van der Waals surface area contributed by atoms with Crippen LogP contribution in [0, 0.1) is 11.8 Å². The van der Waals surface area contributed by atoms with Crippen molar-refractivity contribution in [3.8, 4) is 11.5 Å². The average Bonchev–Trinajstić information content (AvgIpc) is 3.49. The number of nitrogens with one attached hydrogen (secondary N) is 1. The maximum atomic E-state index is 13.9. The highest BCUT2D eigenvalue weighted by Crippen LogP contribution is 2.50. The summed E-state index contributed by atoms with van der Waals surface area (Å²) in [5.41, 5.74) is 0.754. The number of amides is 2. The Kier molecular flexibility index (Phi) is 7.42. The topological polar surface area (TPSA) is 95.9 Å². The first kappa shape index (κ1) is 27.2. The number of hydrogen-bond acceptors (Lipinski definition) is 5. The second kappa shape index (κ2) is 11.5. The minimum absolute atomic E-state index is 0.0583. The van der Waals surface area contributed by atoms with Crippen molar-refractivity contribution >= 4 is 23.9 Å². The summed E-state index contributed by atoms with van der Waals surface area (Å²) in [5.74, 6) is -2.65. The molecule has 4 aromatic rings. The van der Waals surface area contributed by atoms with Crippen LogP contribution in [-0.2, 0) is 20.8 Å². The summed E-state index contributed by atoms with van der Waals surface area (Å²) >= 11 is 0. The molecule has 6 rings (SSSR count). The zero-order valence-electron chi connectivity index (χ0n) is 22.8. The van der Waals surface area contributed by atoms with E-state index in [9.17, 15) is 19.5 Å². The Labute approximate surface area is 244 Å². The third kappa shape index (κ3) is 5.10. The molecule has 0 radical (unpaired) electrons. The second-order valence-corrected chi connectivity index (χ2v) is 10.6. The van der Waals surface area contributed by atoms with E-state index in [0.29, 0.717) is 17.1 Å². The van der Waals surface area contributed by atoms with Crippen molar-refractivity contribution in [2.24, 2.45) is 11.8 Å². The summed E-state index contributed by atoms with van der Waals surface area (Å²) in [7, 11) is 0. The van der Waals surface area contributed by atoms with Gasteiger partial charge in [-0.3, -0.25) is 24.6 Å². The zero-order chi connectivity index (χ0) is 29.1. The molecule has 2 amide bonds. The molecule has 4 aromatic carbocycles. The molecule has 0 bridgehead atoms. The minimum atomic E-state index is -1.67. The van der Waals surface area contributed by atoms with Crippen LogP contribution in [0.4, 0.5) is 0 Å². The molecule has 2 saturated heterocycles. The molecule has 2 fully saturated rings. The molecule has 0 aromatic heterocycles. The van der Waals surface area contributed by atoms with Gasteiger partial charge in [0.2, 0.25) is 11.8 Å². The molecule has 4 atom stereocenters. The Morgan fingerprint density at radius 3 is 2.05 bits per heavy atom. The van der Waals surface area contributed by atoms with Gasteiger partial charge in [0.05, 0.1) is 11.8 Å². The smallest absolute Gasteiger partial charge is 0.325 e. The fraction of sp³-hybridized carbons (Fsp3) is 0.171. The van der Waals surface area contributed by atoms with Crippen molar-refractivity contribution in [2.45, 2.75) is 18.0 Å². The maximum Gasteiger partial charge on any atom is 0.325 e. The Balaban J connectivity index is 1.34. The largest absolute Gasteiger partial charge is 0.480 e. The van der Waals surface area contributed by atoms with Crippen LogP contribution in [0.25, 0.3) is 6.08 Å². The summed E-state index contributed by atoms with van der Waals surface area (Å²) in [4.78, 5) is 42.1. The van der Waals surface area contributed by atoms with Crippen molar-refractivity contribution in [3.05, 3.63) is 138 Å². The molecule has 2 N–H and O–H groups in total. The second-order valence-electron chi connectivity index (χ2n) is 10.6. The first-order valence-corrected chi connectivity index (χ1v) is 13.9. The van der Waals surface area contributed by atoms with Gasteiger partial charge in [0.1, 0.15) is 17.0 Å². The predicted octanol–water partition coefficient (Wildman–Crippen LogP) is 5.50. The van der Waals surface area contributed by atoms with E-state index in [1.807, 2.05) is 109 Å². The predicted molar refractivity (Wildman–Crippen MR) is 159 cm³/mol. The molecule has 4 unspecified atom stereocenters. The number of fused-ring (bicyclic) bond motifs is 1. The van der Waals surface area contributed by atoms with Crippen LogP contribution in [0.5, 0.6) is 11.5 Å². The highest BCUT2D eigenvalue weighted by atomic mass is 16.5. The molecule has 2 heterocycles. The van der Waals surface area contributed by atoms with Gasteiger partial charge in [0.15, 0.2) is 0 Å². The summed E-state index contributed by atoms with van der Waals surface area (Å²) in [5, 5.41) is 14.0. The number of rotatable bonds is 9. The summed E-state index contributed by atoms with van der Waals surface area (Å²) < 4.78 is 5.93. The molecule has 0 saturated carbocycles. The highest BCUT2D eigenvalue weighted by Gasteiger charge is 2.68. The SMILES string of the molecule is O=C1C2C(c3ccc(Oc4ccccc4)cc3)NC(Cc3ccccc3)(C(=O)O)C2C(=O)N1C/C=C/c1ccccc1. The van der Waals surface area contributed by atoms with Crippen molar-refractivity contribution in [3.63, 3.8) is 0 Å². The molecule has 2 aliphatic rings. The number of likely N-dealkylation sites (tertiary alicyclic amines) is 1. The van der Waals surface area contributed by atoms with Crippen LogP contribution in [0.15, 0.2) is 121 Å². The van der Waals surface area contributed by atoms with Crippen LogP contribution in [0.3, 0.4) is 0 Å². The van der Waals surface area contributed by atoms with E-state index in [-0.39, 0.29) is 18.9 Å². The van der Waals surface area contributed by atoms with Crippen molar-refractivity contribution in [1.82, 2.24) is 10.2 Å². The fourth-order valence-corrected chi connectivity index (χ4v) is 6.11. The minimum Gasteiger partial charge on any atom is -0.480 e. The van der Waals surface area contributed by atoms with E-state index in [1.165, 1.54) is 4.90 Å². The van der Waals surface area contributed by atoms with Crippen LogP contribution < -0.4 is 10.1 Å². The maximum absolute atomic E-state index is 13.9. The average molecular weight is 559 g/mol. The molecule has 2 aliphatic heterocycles. The van der Waals surface area contributed by atoms with Gasteiger partial charge in [-0.25, -0.2) is 0 Å². The molecule has 210 valence electrons. The van der Waals surface area contributed by atoms with E-state index < -0.39 is 35.3 Å². The number of carboxylic acids is 1. The number of carbonyl (C=O) groups is 3. The fourth-order valence-electron chi connectivity index (χ4n) is 6.11. The van der Waals surface area contributed by atoms with Crippen LogP contribution >= 0.6 is 0 Å². The molecular weight excluding hydrogens is 528 g/mol. The summed E-state index contributed by atoms with van der Waals surface area (Å²) in [6.07, 6.45) is 3.68. The molecule has 7 nitrogen and oxygen atoms in total. The van der Waals surface area contributed by atoms with Gasteiger partial charge in [-0.05, 0) is 41.0 Å². The zero-order valence-corrected chi connectivity index (χ0v) is 22.8. The first-order valence-electron chi connectivity index (χ1n) is 13.9. The van der Waals surface area contributed by atoms with E-state index in [0.717, 1.165) is 11.1 Å². The Hall–Kier alpha value is -5.01. The first-order chi connectivity index (χ1) is 20.5. The Morgan fingerprint density at radius 2 is 1.40 bits per heavy atom. The number of carboxylic acid groups (broad SMARTS) is 1. The van der Waals surface area contributed by atoms with E-state index in [1.54, 1.807) is 18.2 Å². The summed E-state index contributed by atoms with van der Waals surface area (Å²) in [6.45, 7) is 0.0666. The number of carbonyl (C=O) groups excluding carboxylic acids is 2.